The van der Waals surface area contributed by atoms with E-state index in [0.717, 1.165) is 13.0 Å². The average Bonchev–Trinajstić information content (AvgIpc) is 2.31. The molecule has 1 saturated heterocycles. The second kappa shape index (κ2) is 4.36. The standard InChI is InChI=1S/C14H20O/c1-12(2)14(10-6-7-11-15-14)13-8-4-3-5-9-13/h3-5,8-9,12H,6-7,10-11H2,1-2H3. The molecule has 0 N–H and O–H groups in total. The first-order chi connectivity index (χ1) is 7.26. The highest BCUT2D eigenvalue weighted by molar-refractivity contribution is 5.23. The molecule has 15 heavy (non-hydrogen) atoms. The molecule has 82 valence electrons. The van der Waals surface area contributed by atoms with E-state index in [1.54, 1.807) is 0 Å². The fraction of sp³-hybridized carbons (Fsp3) is 0.571. The first-order valence-corrected chi connectivity index (χ1v) is 5.95. The van der Waals surface area contributed by atoms with Gasteiger partial charge in [0.25, 0.3) is 0 Å². The van der Waals surface area contributed by atoms with Crippen LogP contribution in [0.4, 0.5) is 0 Å². The van der Waals surface area contributed by atoms with Gasteiger partial charge in [-0.2, -0.15) is 0 Å². The minimum Gasteiger partial charge on any atom is -0.370 e. The number of ether oxygens (including phenoxy) is 1. The van der Waals surface area contributed by atoms with Gasteiger partial charge in [-0.3, -0.25) is 0 Å². The molecule has 0 aliphatic carbocycles. The predicted molar refractivity (Wildman–Crippen MR) is 62.8 cm³/mol. The highest BCUT2D eigenvalue weighted by atomic mass is 16.5. The van der Waals surface area contributed by atoms with Gasteiger partial charge in [-0.15, -0.1) is 0 Å². The summed E-state index contributed by atoms with van der Waals surface area (Å²) in [4.78, 5) is 0. The molecular formula is C14H20O. The van der Waals surface area contributed by atoms with Crippen LogP contribution >= 0.6 is 0 Å². The van der Waals surface area contributed by atoms with E-state index < -0.39 is 0 Å². The molecule has 2 rings (SSSR count). The largest absolute Gasteiger partial charge is 0.370 e. The summed E-state index contributed by atoms with van der Waals surface area (Å²) in [6.07, 6.45) is 3.66. The van der Waals surface area contributed by atoms with E-state index in [0.29, 0.717) is 5.92 Å². The summed E-state index contributed by atoms with van der Waals surface area (Å²) in [7, 11) is 0. The van der Waals surface area contributed by atoms with Gasteiger partial charge in [-0.05, 0) is 30.7 Å². The van der Waals surface area contributed by atoms with E-state index in [1.165, 1.54) is 18.4 Å². The Morgan fingerprint density at radius 3 is 2.40 bits per heavy atom. The fourth-order valence-corrected chi connectivity index (χ4v) is 2.55. The molecule has 1 aromatic carbocycles. The average molecular weight is 204 g/mol. The van der Waals surface area contributed by atoms with Crippen molar-refractivity contribution in [3.05, 3.63) is 35.9 Å². The van der Waals surface area contributed by atoms with Crippen LogP contribution in [0.15, 0.2) is 30.3 Å². The number of benzene rings is 1. The second-order valence-electron chi connectivity index (χ2n) is 4.72. The van der Waals surface area contributed by atoms with Crippen LogP contribution in [0.1, 0.15) is 38.7 Å². The summed E-state index contributed by atoms with van der Waals surface area (Å²) >= 11 is 0. The predicted octanol–water partition coefficient (Wildman–Crippen LogP) is 3.74. The summed E-state index contributed by atoms with van der Waals surface area (Å²) in [5, 5.41) is 0. The molecular weight excluding hydrogens is 184 g/mol. The Labute approximate surface area is 92.5 Å². The molecule has 0 saturated carbocycles. The third-order valence-electron chi connectivity index (χ3n) is 3.50. The van der Waals surface area contributed by atoms with Crippen molar-refractivity contribution in [1.82, 2.24) is 0 Å². The molecule has 1 aliphatic heterocycles. The molecule has 0 radical (unpaired) electrons. The molecule has 0 aromatic heterocycles. The lowest BCUT2D eigenvalue weighted by Crippen LogP contribution is -2.38. The zero-order valence-corrected chi connectivity index (χ0v) is 9.70. The molecule has 1 aliphatic rings. The second-order valence-corrected chi connectivity index (χ2v) is 4.72. The number of hydrogen-bond acceptors (Lipinski definition) is 1. The summed E-state index contributed by atoms with van der Waals surface area (Å²) < 4.78 is 6.11. The Balaban J connectivity index is 2.34. The third kappa shape index (κ3) is 1.93. The van der Waals surface area contributed by atoms with E-state index in [2.05, 4.69) is 44.2 Å². The van der Waals surface area contributed by atoms with Crippen molar-refractivity contribution in [3.63, 3.8) is 0 Å². The van der Waals surface area contributed by atoms with Crippen LogP contribution in [-0.2, 0) is 10.3 Å². The van der Waals surface area contributed by atoms with Gasteiger partial charge in [0.2, 0.25) is 0 Å². The van der Waals surface area contributed by atoms with Gasteiger partial charge >= 0.3 is 0 Å². The zero-order valence-electron chi connectivity index (χ0n) is 9.70. The van der Waals surface area contributed by atoms with Gasteiger partial charge in [0.1, 0.15) is 0 Å². The van der Waals surface area contributed by atoms with E-state index in [1.807, 2.05) is 0 Å². The van der Waals surface area contributed by atoms with E-state index in [4.69, 9.17) is 4.74 Å². The molecule has 0 bridgehead atoms. The van der Waals surface area contributed by atoms with Gasteiger partial charge in [-0.1, -0.05) is 44.2 Å². The fourth-order valence-electron chi connectivity index (χ4n) is 2.55. The first-order valence-electron chi connectivity index (χ1n) is 5.95. The SMILES string of the molecule is CC(C)C1(c2ccccc2)CCCCO1. The topological polar surface area (TPSA) is 9.23 Å². The van der Waals surface area contributed by atoms with E-state index in [-0.39, 0.29) is 5.60 Å². The van der Waals surface area contributed by atoms with Crippen LogP contribution in [-0.4, -0.2) is 6.61 Å². The normalized spacial score (nSPS) is 26.9. The highest BCUT2D eigenvalue weighted by Gasteiger charge is 2.37. The Kier molecular flexibility index (Phi) is 3.11. The molecule has 0 spiro atoms. The molecule has 1 unspecified atom stereocenters. The van der Waals surface area contributed by atoms with E-state index in [9.17, 15) is 0 Å². The smallest absolute Gasteiger partial charge is 0.0954 e. The quantitative estimate of drug-likeness (QED) is 0.713. The monoisotopic (exact) mass is 204 g/mol. The van der Waals surface area contributed by atoms with Crippen molar-refractivity contribution in [2.75, 3.05) is 6.61 Å². The number of hydrogen-bond donors (Lipinski definition) is 0. The lowest BCUT2D eigenvalue weighted by Gasteiger charge is -2.41. The third-order valence-corrected chi connectivity index (χ3v) is 3.50. The summed E-state index contributed by atoms with van der Waals surface area (Å²) in [6, 6.07) is 10.7. The van der Waals surface area contributed by atoms with Crippen LogP contribution in [0.5, 0.6) is 0 Å². The van der Waals surface area contributed by atoms with Gasteiger partial charge < -0.3 is 4.74 Å². The highest BCUT2D eigenvalue weighted by Crippen LogP contribution is 2.41. The van der Waals surface area contributed by atoms with E-state index >= 15 is 0 Å². The molecule has 1 atom stereocenters. The van der Waals surface area contributed by atoms with Gasteiger partial charge in [0.15, 0.2) is 0 Å². The zero-order chi connectivity index (χ0) is 10.7. The summed E-state index contributed by atoms with van der Waals surface area (Å²) in [5.74, 6) is 0.542. The van der Waals surface area contributed by atoms with Crippen molar-refractivity contribution in [2.24, 2.45) is 5.92 Å². The van der Waals surface area contributed by atoms with Crippen molar-refractivity contribution in [2.45, 2.75) is 38.7 Å². The summed E-state index contributed by atoms with van der Waals surface area (Å²) in [5.41, 5.74) is 1.32. The summed E-state index contributed by atoms with van der Waals surface area (Å²) in [6.45, 7) is 5.43. The van der Waals surface area contributed by atoms with Crippen LogP contribution < -0.4 is 0 Å². The van der Waals surface area contributed by atoms with Gasteiger partial charge in [0, 0.05) is 6.61 Å². The molecule has 1 heterocycles. The lowest BCUT2D eigenvalue weighted by atomic mass is 9.78. The Morgan fingerprint density at radius 1 is 1.13 bits per heavy atom. The van der Waals surface area contributed by atoms with Crippen LogP contribution in [0.2, 0.25) is 0 Å². The Hall–Kier alpha value is -0.820. The molecule has 1 fully saturated rings. The van der Waals surface area contributed by atoms with Gasteiger partial charge in [-0.25, -0.2) is 0 Å². The van der Waals surface area contributed by atoms with Crippen LogP contribution in [0.3, 0.4) is 0 Å². The van der Waals surface area contributed by atoms with Gasteiger partial charge in [0.05, 0.1) is 5.60 Å². The van der Waals surface area contributed by atoms with Crippen LogP contribution in [0, 0.1) is 5.92 Å². The van der Waals surface area contributed by atoms with Crippen molar-refractivity contribution >= 4 is 0 Å². The Morgan fingerprint density at radius 2 is 1.87 bits per heavy atom. The molecule has 0 amide bonds. The first kappa shape index (κ1) is 10.7. The maximum Gasteiger partial charge on any atom is 0.0954 e. The van der Waals surface area contributed by atoms with Crippen molar-refractivity contribution < 1.29 is 4.74 Å². The minimum absolute atomic E-state index is 0.0283. The van der Waals surface area contributed by atoms with Crippen molar-refractivity contribution in [3.8, 4) is 0 Å². The maximum absolute atomic E-state index is 6.11. The number of rotatable bonds is 2. The Bertz CT molecular complexity index is 296. The lowest BCUT2D eigenvalue weighted by molar-refractivity contribution is -0.115. The van der Waals surface area contributed by atoms with Crippen molar-refractivity contribution in [1.29, 1.82) is 0 Å². The minimum atomic E-state index is -0.0283. The molecule has 1 aromatic rings. The molecule has 1 heteroatoms. The van der Waals surface area contributed by atoms with Crippen LogP contribution in [0.25, 0.3) is 0 Å². The maximum atomic E-state index is 6.11. The molecule has 1 nitrogen and oxygen atoms in total.